The van der Waals surface area contributed by atoms with Crippen molar-refractivity contribution in [1.82, 2.24) is 5.32 Å². The van der Waals surface area contributed by atoms with E-state index in [0.29, 0.717) is 23.4 Å². The molecule has 1 aromatic rings. The summed E-state index contributed by atoms with van der Waals surface area (Å²) in [5.41, 5.74) is 1.28. The van der Waals surface area contributed by atoms with Crippen molar-refractivity contribution in [2.24, 2.45) is 17.3 Å². The molecule has 2 atom stereocenters. The van der Waals surface area contributed by atoms with Gasteiger partial charge in [-0.2, -0.15) is 0 Å². The standard InChI is InChI=1S/C20H22N2O4/c1-11(23)12-4-6-13(7-5-12)21-19(26)14-8-17(25)22-15-9-20(2,3)10-16(24)18(14)15/h4-7,9,14,18H,8,10H2,1-3H3,(H,21,26)(H,22,25)/t14-,18-/m0/s1. The fraction of sp³-hybridized carbons (Fsp3) is 0.400. The molecule has 0 saturated carbocycles. The number of piperidine rings is 1. The van der Waals surface area contributed by atoms with Gasteiger partial charge in [0, 0.05) is 29.8 Å². The summed E-state index contributed by atoms with van der Waals surface area (Å²) in [4.78, 5) is 48.8. The summed E-state index contributed by atoms with van der Waals surface area (Å²) in [5, 5.41) is 5.52. The molecule has 136 valence electrons. The van der Waals surface area contributed by atoms with Crippen molar-refractivity contribution in [3.8, 4) is 0 Å². The van der Waals surface area contributed by atoms with E-state index in [1.807, 2.05) is 19.9 Å². The van der Waals surface area contributed by atoms with Crippen LogP contribution in [0.1, 0.15) is 44.0 Å². The van der Waals surface area contributed by atoms with Crippen LogP contribution in [-0.4, -0.2) is 23.4 Å². The maximum atomic E-state index is 12.8. The second kappa shape index (κ2) is 6.52. The predicted octanol–water partition coefficient (Wildman–Crippen LogP) is 2.46. The van der Waals surface area contributed by atoms with E-state index in [-0.39, 0.29) is 35.2 Å². The first kappa shape index (κ1) is 18.0. The number of hydrogen-bond donors (Lipinski definition) is 2. The molecule has 1 aromatic carbocycles. The minimum absolute atomic E-state index is 0.0223. The van der Waals surface area contributed by atoms with Crippen molar-refractivity contribution in [2.75, 3.05) is 5.32 Å². The van der Waals surface area contributed by atoms with E-state index in [9.17, 15) is 19.2 Å². The number of carbonyl (C=O) groups excluding carboxylic acids is 4. The first-order chi connectivity index (χ1) is 12.2. The Bertz CT molecular complexity index is 821. The van der Waals surface area contributed by atoms with Crippen LogP contribution in [0.15, 0.2) is 36.0 Å². The fourth-order valence-corrected chi connectivity index (χ4v) is 3.65. The van der Waals surface area contributed by atoms with Crippen molar-refractivity contribution in [3.63, 3.8) is 0 Å². The molecule has 1 fully saturated rings. The third kappa shape index (κ3) is 3.59. The van der Waals surface area contributed by atoms with Crippen LogP contribution in [0.4, 0.5) is 5.69 Å². The quantitative estimate of drug-likeness (QED) is 0.816. The van der Waals surface area contributed by atoms with Gasteiger partial charge in [0.2, 0.25) is 11.8 Å². The van der Waals surface area contributed by atoms with Crippen LogP contribution < -0.4 is 10.6 Å². The van der Waals surface area contributed by atoms with Gasteiger partial charge in [0.1, 0.15) is 5.78 Å². The number of ketones is 2. The Morgan fingerprint density at radius 1 is 1.15 bits per heavy atom. The van der Waals surface area contributed by atoms with Gasteiger partial charge in [-0.3, -0.25) is 19.2 Å². The van der Waals surface area contributed by atoms with Crippen molar-refractivity contribution in [2.45, 2.75) is 33.6 Å². The highest BCUT2D eigenvalue weighted by Crippen LogP contribution is 2.40. The second-order valence-electron chi connectivity index (χ2n) is 7.69. The highest BCUT2D eigenvalue weighted by Gasteiger charge is 2.45. The van der Waals surface area contributed by atoms with Gasteiger partial charge in [-0.1, -0.05) is 19.9 Å². The first-order valence-electron chi connectivity index (χ1n) is 8.63. The zero-order valence-electron chi connectivity index (χ0n) is 15.1. The van der Waals surface area contributed by atoms with E-state index < -0.39 is 11.8 Å². The molecule has 0 bridgehead atoms. The summed E-state index contributed by atoms with van der Waals surface area (Å²) in [7, 11) is 0. The van der Waals surface area contributed by atoms with E-state index in [0.717, 1.165) is 0 Å². The van der Waals surface area contributed by atoms with E-state index in [4.69, 9.17) is 0 Å². The molecule has 3 rings (SSSR count). The molecule has 1 heterocycles. The largest absolute Gasteiger partial charge is 0.329 e. The number of rotatable bonds is 3. The number of nitrogens with one attached hydrogen (secondary N) is 2. The Morgan fingerprint density at radius 2 is 1.81 bits per heavy atom. The van der Waals surface area contributed by atoms with Gasteiger partial charge in [-0.15, -0.1) is 0 Å². The van der Waals surface area contributed by atoms with Crippen molar-refractivity contribution in [1.29, 1.82) is 0 Å². The number of amides is 2. The normalized spacial score (nSPS) is 24.2. The topological polar surface area (TPSA) is 92.3 Å². The van der Waals surface area contributed by atoms with Crippen molar-refractivity contribution < 1.29 is 19.2 Å². The Balaban J connectivity index is 1.82. The fourth-order valence-electron chi connectivity index (χ4n) is 3.65. The lowest BCUT2D eigenvalue weighted by Crippen LogP contribution is -2.49. The third-order valence-electron chi connectivity index (χ3n) is 4.85. The number of anilines is 1. The Kier molecular flexibility index (Phi) is 4.52. The molecular formula is C20H22N2O4. The van der Waals surface area contributed by atoms with Crippen molar-refractivity contribution in [3.05, 3.63) is 41.6 Å². The van der Waals surface area contributed by atoms with Gasteiger partial charge in [0.05, 0.1) is 11.8 Å². The molecule has 1 saturated heterocycles. The number of benzene rings is 1. The molecule has 2 aliphatic rings. The SMILES string of the molecule is CC(=O)c1ccc(NC(=O)[C@H]2CC(=O)NC3=CC(C)(C)CC(=O)[C@H]32)cc1. The molecule has 0 radical (unpaired) electrons. The van der Waals surface area contributed by atoms with E-state index in [2.05, 4.69) is 10.6 Å². The Morgan fingerprint density at radius 3 is 2.42 bits per heavy atom. The molecule has 1 aliphatic carbocycles. The molecular weight excluding hydrogens is 332 g/mol. The molecule has 2 amide bonds. The Hall–Kier alpha value is -2.76. The summed E-state index contributed by atoms with van der Waals surface area (Å²) in [6.07, 6.45) is 2.21. The van der Waals surface area contributed by atoms with E-state index in [1.165, 1.54) is 6.92 Å². The van der Waals surface area contributed by atoms with E-state index in [1.54, 1.807) is 24.3 Å². The minimum Gasteiger partial charge on any atom is -0.329 e. The molecule has 0 aromatic heterocycles. The van der Waals surface area contributed by atoms with E-state index >= 15 is 0 Å². The summed E-state index contributed by atoms with van der Waals surface area (Å²) in [6.45, 7) is 5.33. The van der Waals surface area contributed by atoms with Crippen LogP contribution >= 0.6 is 0 Å². The van der Waals surface area contributed by atoms with Crippen LogP contribution in [0.3, 0.4) is 0 Å². The lowest BCUT2D eigenvalue weighted by atomic mass is 9.69. The van der Waals surface area contributed by atoms with Gasteiger partial charge < -0.3 is 10.6 Å². The van der Waals surface area contributed by atoms with Gasteiger partial charge in [-0.25, -0.2) is 0 Å². The summed E-state index contributed by atoms with van der Waals surface area (Å²) in [5.74, 6) is -2.05. The first-order valence-corrected chi connectivity index (χ1v) is 8.63. The van der Waals surface area contributed by atoms with Crippen LogP contribution in [0.2, 0.25) is 0 Å². The van der Waals surface area contributed by atoms with Gasteiger partial charge in [-0.05, 0) is 36.6 Å². The number of hydrogen-bond acceptors (Lipinski definition) is 4. The van der Waals surface area contributed by atoms with Crippen LogP contribution in [0, 0.1) is 17.3 Å². The lowest BCUT2D eigenvalue weighted by molar-refractivity contribution is -0.136. The highest BCUT2D eigenvalue weighted by atomic mass is 16.2. The number of allylic oxidation sites excluding steroid dienone is 2. The smallest absolute Gasteiger partial charge is 0.229 e. The molecule has 1 aliphatic heterocycles. The zero-order valence-corrected chi connectivity index (χ0v) is 15.1. The highest BCUT2D eigenvalue weighted by molar-refractivity contribution is 6.02. The maximum Gasteiger partial charge on any atom is 0.229 e. The molecule has 26 heavy (non-hydrogen) atoms. The summed E-state index contributed by atoms with van der Waals surface area (Å²) in [6, 6.07) is 6.54. The van der Waals surface area contributed by atoms with Gasteiger partial charge in [0.25, 0.3) is 0 Å². The summed E-state index contributed by atoms with van der Waals surface area (Å²) < 4.78 is 0. The average molecular weight is 354 g/mol. The third-order valence-corrected chi connectivity index (χ3v) is 4.85. The minimum atomic E-state index is -0.730. The van der Waals surface area contributed by atoms with Crippen LogP contribution in [0.25, 0.3) is 0 Å². The monoisotopic (exact) mass is 354 g/mol. The lowest BCUT2D eigenvalue weighted by Gasteiger charge is -2.38. The summed E-state index contributed by atoms with van der Waals surface area (Å²) >= 11 is 0. The van der Waals surface area contributed by atoms with Gasteiger partial charge in [0.15, 0.2) is 5.78 Å². The van der Waals surface area contributed by atoms with Crippen LogP contribution in [0.5, 0.6) is 0 Å². The molecule has 2 N–H and O–H groups in total. The van der Waals surface area contributed by atoms with Crippen LogP contribution in [-0.2, 0) is 14.4 Å². The molecule has 0 spiro atoms. The number of fused-ring (bicyclic) bond motifs is 1. The van der Waals surface area contributed by atoms with Gasteiger partial charge >= 0.3 is 0 Å². The molecule has 6 nitrogen and oxygen atoms in total. The number of carbonyl (C=O) groups is 4. The molecule has 0 unspecified atom stereocenters. The zero-order chi connectivity index (χ0) is 19.1. The maximum absolute atomic E-state index is 12.8. The number of Topliss-reactive ketones (excluding diaryl/α,β-unsaturated/α-hetero) is 2. The molecule has 6 heteroatoms. The second-order valence-corrected chi connectivity index (χ2v) is 7.69. The predicted molar refractivity (Wildman–Crippen MR) is 96.3 cm³/mol. The Labute approximate surface area is 152 Å². The average Bonchev–Trinajstić information content (AvgIpc) is 2.52. The van der Waals surface area contributed by atoms with Crippen molar-refractivity contribution >= 4 is 29.1 Å².